The molecule has 1 aromatic heterocycles. The fourth-order valence-electron chi connectivity index (χ4n) is 0.971. The number of nitrogens with two attached hydrogens (primary N) is 2. The van der Waals surface area contributed by atoms with E-state index in [-0.39, 0.29) is 0 Å². The summed E-state index contributed by atoms with van der Waals surface area (Å²) in [6, 6.07) is 0. The minimum Gasteiger partial charge on any atom is -0.329 e. The van der Waals surface area contributed by atoms with Crippen molar-refractivity contribution in [2.75, 3.05) is 12.0 Å². The number of hydrogen-bond acceptors (Lipinski definition) is 4. The summed E-state index contributed by atoms with van der Waals surface area (Å²) in [7, 11) is 0. The Morgan fingerprint density at radius 1 is 1.55 bits per heavy atom. The van der Waals surface area contributed by atoms with Gasteiger partial charge in [-0.05, 0) is 0 Å². The van der Waals surface area contributed by atoms with Crippen molar-refractivity contribution in [1.82, 2.24) is 9.78 Å². The highest BCUT2D eigenvalue weighted by Gasteiger charge is 2.09. The molecule has 6 heteroatoms. The average Bonchev–Trinajstić information content (AvgIpc) is 1.98. The van der Waals surface area contributed by atoms with Gasteiger partial charge in [0.05, 0.1) is 12.2 Å². The van der Waals surface area contributed by atoms with Gasteiger partial charge in [0.15, 0.2) is 5.82 Å². The lowest BCUT2D eigenvalue weighted by Gasteiger charge is -2.20. The maximum atomic E-state index is 8.49. The average molecular weight is 159 g/mol. The number of nitrogens with zero attached hydrogens (tertiary/aromatic N) is 1. The Hall–Kier alpha value is -0.980. The van der Waals surface area contributed by atoms with Crippen molar-refractivity contribution in [3.8, 4) is 0 Å². The van der Waals surface area contributed by atoms with Gasteiger partial charge in [-0.2, -0.15) is 0 Å². The molecular weight excluding hydrogens is 146 g/mol. The summed E-state index contributed by atoms with van der Waals surface area (Å²) in [6.45, 7) is 1.63. The lowest BCUT2D eigenvalue weighted by Crippen LogP contribution is -2.25. The molecular formula is C5H13N5O. The van der Waals surface area contributed by atoms with Crippen LogP contribution < -0.4 is 16.9 Å². The Morgan fingerprint density at radius 2 is 2.27 bits per heavy atom. The van der Waals surface area contributed by atoms with Crippen molar-refractivity contribution in [2.45, 2.75) is 13.1 Å². The number of nitrogens with one attached hydrogen (secondary N) is 2. The summed E-state index contributed by atoms with van der Waals surface area (Å²) < 4.78 is 1.79. The van der Waals surface area contributed by atoms with Crippen molar-refractivity contribution in [1.29, 1.82) is 0 Å². The summed E-state index contributed by atoms with van der Waals surface area (Å²) in [5, 5.41) is 11.3. The zero-order valence-corrected chi connectivity index (χ0v) is 6.17. The number of aromatic amines is 1. The van der Waals surface area contributed by atoms with Crippen LogP contribution in [-0.2, 0) is 13.1 Å². The first-order valence-electron chi connectivity index (χ1n) is 3.41. The van der Waals surface area contributed by atoms with E-state index in [1.165, 1.54) is 0 Å². The maximum Gasteiger partial charge on any atom is 0.165 e. The van der Waals surface area contributed by atoms with Crippen LogP contribution in [-0.4, -0.2) is 21.5 Å². The smallest absolute Gasteiger partial charge is 0.165 e. The number of hydrogen-bond donors (Lipinski definition) is 5. The molecule has 1 rings (SSSR count). The molecule has 64 valence electrons. The maximum absolute atomic E-state index is 8.49. The van der Waals surface area contributed by atoms with Crippen LogP contribution in [0, 0.1) is 0 Å². The van der Waals surface area contributed by atoms with E-state index in [1.54, 1.807) is 4.68 Å². The second kappa shape index (κ2) is 3.42. The molecule has 6 nitrogen and oxygen atoms in total. The summed E-state index contributed by atoms with van der Waals surface area (Å²) in [5.74, 6) is 0.556. The van der Waals surface area contributed by atoms with Crippen LogP contribution in [0.25, 0.3) is 0 Å². The molecule has 0 aliphatic rings. The Bertz CT molecular complexity index is 215. The molecule has 0 saturated heterocycles. The zero-order valence-electron chi connectivity index (χ0n) is 6.17. The molecule has 0 aliphatic heterocycles. The van der Waals surface area contributed by atoms with E-state index in [9.17, 15) is 0 Å². The van der Waals surface area contributed by atoms with Crippen LogP contribution in [0.1, 0.15) is 5.69 Å². The first kappa shape index (κ1) is 8.12. The zero-order chi connectivity index (χ0) is 8.27. The van der Waals surface area contributed by atoms with Crippen LogP contribution in [0.4, 0.5) is 5.82 Å². The van der Waals surface area contributed by atoms with Gasteiger partial charge in [0.25, 0.3) is 0 Å². The summed E-state index contributed by atoms with van der Waals surface area (Å²) >= 11 is 0. The third-order valence-electron chi connectivity index (χ3n) is 1.52. The monoisotopic (exact) mass is 159 g/mol. The molecule has 0 spiro atoms. The predicted molar refractivity (Wildman–Crippen MR) is 41.1 cm³/mol. The van der Waals surface area contributed by atoms with E-state index in [0.29, 0.717) is 25.5 Å². The van der Waals surface area contributed by atoms with Crippen LogP contribution in [0.3, 0.4) is 0 Å². The Morgan fingerprint density at radius 3 is 2.73 bits per heavy atom. The largest absolute Gasteiger partial charge is 0.329 e. The second-order valence-electron chi connectivity index (χ2n) is 2.19. The van der Waals surface area contributed by atoms with Crippen LogP contribution >= 0.6 is 0 Å². The number of aromatic nitrogens is 2. The molecule has 0 aromatic carbocycles. The highest BCUT2D eigenvalue weighted by Crippen LogP contribution is 2.13. The van der Waals surface area contributed by atoms with Gasteiger partial charge in [0, 0.05) is 13.1 Å². The van der Waals surface area contributed by atoms with E-state index in [2.05, 4.69) is 5.10 Å². The molecule has 7 N–H and O–H groups in total. The van der Waals surface area contributed by atoms with Crippen molar-refractivity contribution in [3.63, 3.8) is 0 Å². The summed E-state index contributed by atoms with van der Waals surface area (Å²) in [4.78, 5) is 0. The van der Waals surface area contributed by atoms with Crippen LogP contribution in [0.2, 0.25) is 0 Å². The fourth-order valence-corrected chi connectivity index (χ4v) is 0.971. The van der Waals surface area contributed by atoms with Gasteiger partial charge in [-0.25, -0.2) is 0 Å². The molecule has 0 fully saturated rings. The van der Waals surface area contributed by atoms with Gasteiger partial charge < -0.3 is 11.5 Å². The molecule has 1 heterocycles. The lowest BCUT2D eigenvalue weighted by atomic mass is 10.4. The van der Waals surface area contributed by atoms with Crippen molar-refractivity contribution in [3.05, 3.63) is 5.69 Å². The Kier molecular flexibility index (Phi) is 2.53. The number of anilines is 1. The molecule has 0 unspecified atom stereocenters. The fraction of sp³-hybridized carbons (Fsp3) is 0.600. The summed E-state index contributed by atoms with van der Waals surface area (Å²) in [5.41, 5.74) is 13.5. The van der Waals surface area contributed by atoms with Crippen LogP contribution in [0.15, 0.2) is 0 Å². The second-order valence-corrected chi connectivity index (χ2v) is 2.19. The van der Waals surface area contributed by atoms with Gasteiger partial charge in [0.2, 0.25) is 0 Å². The predicted octanol–water partition coefficient (Wildman–Crippen LogP) is -0.965. The highest BCUT2D eigenvalue weighted by atomic mass is 16.5. The van der Waals surface area contributed by atoms with Crippen LogP contribution in [0.5, 0.6) is 0 Å². The molecule has 11 heavy (non-hydrogen) atoms. The van der Waals surface area contributed by atoms with Gasteiger partial charge in [-0.15, -0.1) is 0 Å². The first-order valence-corrected chi connectivity index (χ1v) is 3.41. The Labute approximate surface area is 64.1 Å². The van der Waals surface area contributed by atoms with E-state index in [1.807, 2.05) is 5.48 Å². The van der Waals surface area contributed by atoms with Gasteiger partial charge >= 0.3 is 0 Å². The third kappa shape index (κ3) is 1.37. The van der Waals surface area contributed by atoms with E-state index in [4.69, 9.17) is 16.7 Å². The molecule has 1 aromatic rings. The standard InChI is InChI=1S/C5H13N5O/c6-1-2-10-4(3-7)5(8-10)9-11/h8-9,11H,1-3,6-7H2. The third-order valence-corrected chi connectivity index (χ3v) is 1.52. The molecule has 0 aliphatic carbocycles. The van der Waals surface area contributed by atoms with E-state index in [0.717, 1.165) is 5.69 Å². The summed E-state index contributed by atoms with van der Waals surface area (Å²) in [6.07, 6.45) is 0. The van der Waals surface area contributed by atoms with Crippen molar-refractivity contribution < 1.29 is 5.21 Å². The number of H-pyrrole nitrogens is 1. The van der Waals surface area contributed by atoms with Gasteiger partial charge in [-0.1, -0.05) is 0 Å². The Balaban J connectivity index is 2.63. The van der Waals surface area contributed by atoms with E-state index < -0.39 is 0 Å². The lowest BCUT2D eigenvalue weighted by molar-refractivity contribution is 0.371. The molecule has 0 radical (unpaired) electrons. The molecule has 0 amide bonds. The highest BCUT2D eigenvalue weighted by molar-refractivity contribution is 5.39. The van der Waals surface area contributed by atoms with Crippen molar-refractivity contribution >= 4 is 5.82 Å². The minimum atomic E-state index is 0.385. The van der Waals surface area contributed by atoms with Crippen molar-refractivity contribution in [2.24, 2.45) is 11.5 Å². The minimum absolute atomic E-state index is 0.385. The molecule has 0 saturated carbocycles. The number of rotatable bonds is 4. The quantitative estimate of drug-likeness (QED) is 0.365. The SMILES string of the molecule is NCCn1[nH]c(NO)c1CN. The topological polar surface area (TPSA) is 105 Å². The van der Waals surface area contributed by atoms with Gasteiger partial charge in [0.1, 0.15) is 0 Å². The molecule has 0 bridgehead atoms. The van der Waals surface area contributed by atoms with Gasteiger partial charge in [-0.3, -0.25) is 20.5 Å². The first-order chi connectivity index (χ1) is 5.33. The van der Waals surface area contributed by atoms with E-state index >= 15 is 0 Å². The normalized spacial score (nSPS) is 10.5. The molecule has 0 atom stereocenters.